The second kappa shape index (κ2) is 8.13. The molecule has 1 saturated carbocycles. The van der Waals surface area contributed by atoms with Crippen molar-refractivity contribution in [1.29, 1.82) is 0 Å². The summed E-state index contributed by atoms with van der Waals surface area (Å²) >= 11 is 6.09. The van der Waals surface area contributed by atoms with Crippen molar-refractivity contribution in [3.8, 4) is 5.75 Å². The summed E-state index contributed by atoms with van der Waals surface area (Å²) in [6, 6.07) is 9.43. The van der Waals surface area contributed by atoms with Gasteiger partial charge in [-0.05, 0) is 67.0 Å². The molecule has 5 rings (SSSR count). The quantitative estimate of drug-likeness (QED) is 0.642. The molecule has 33 heavy (non-hydrogen) atoms. The van der Waals surface area contributed by atoms with E-state index in [1.54, 1.807) is 24.3 Å². The summed E-state index contributed by atoms with van der Waals surface area (Å²) in [6.45, 7) is 1.34. The van der Waals surface area contributed by atoms with Gasteiger partial charge in [0, 0.05) is 42.1 Å². The number of nitrogens with zero attached hydrogens (tertiary/aromatic N) is 1. The van der Waals surface area contributed by atoms with Crippen LogP contribution >= 0.6 is 11.6 Å². The number of benzene rings is 2. The van der Waals surface area contributed by atoms with E-state index >= 15 is 0 Å². The Bertz CT molecular complexity index is 1090. The van der Waals surface area contributed by atoms with E-state index in [-0.39, 0.29) is 54.0 Å². The molecule has 5 nitrogen and oxygen atoms in total. The number of aliphatic hydroxyl groups excluding tert-OH is 1. The largest absolute Gasteiger partial charge is 0.490 e. The van der Waals surface area contributed by atoms with E-state index in [1.807, 2.05) is 0 Å². The first-order chi connectivity index (χ1) is 15.7. The second-order valence-corrected chi connectivity index (χ2v) is 10.0. The van der Waals surface area contributed by atoms with Gasteiger partial charge in [0.15, 0.2) is 0 Å². The molecule has 176 valence electrons. The Balaban J connectivity index is 1.59. The molecule has 1 unspecified atom stereocenters. The van der Waals surface area contributed by atoms with E-state index in [1.165, 1.54) is 12.1 Å². The Morgan fingerprint density at radius 3 is 2.61 bits per heavy atom. The molecule has 2 N–H and O–H groups in total. The Morgan fingerprint density at radius 1 is 1.12 bits per heavy atom. The molecular formula is C25H26ClF2NO4. The normalized spacial score (nSPS) is 27.7. The van der Waals surface area contributed by atoms with Crippen LogP contribution in [-0.4, -0.2) is 42.5 Å². The molecule has 2 aromatic rings. The molecule has 2 aromatic carbocycles. The lowest BCUT2D eigenvalue weighted by Gasteiger charge is -2.45. The zero-order chi connectivity index (χ0) is 23.4. The summed E-state index contributed by atoms with van der Waals surface area (Å²) in [5.41, 5.74) is 0.587. The number of aliphatic hydroxyl groups is 1. The number of rotatable bonds is 4. The SMILES string of the molecule is O=C(O)c1ccc2c(c1)N(C[C@@H]1CC[C@H]1CO)CC1(CCC(F)(F)c3cc(Cl)ccc31)CO2. The molecule has 1 fully saturated rings. The third kappa shape index (κ3) is 3.85. The number of halogens is 3. The average molecular weight is 478 g/mol. The van der Waals surface area contributed by atoms with Gasteiger partial charge >= 0.3 is 5.97 Å². The predicted molar refractivity (Wildman–Crippen MR) is 121 cm³/mol. The van der Waals surface area contributed by atoms with E-state index < -0.39 is 17.3 Å². The number of anilines is 1. The Hall–Kier alpha value is -2.38. The van der Waals surface area contributed by atoms with Crippen LogP contribution in [0.25, 0.3) is 0 Å². The van der Waals surface area contributed by atoms with Crippen LogP contribution in [0.15, 0.2) is 36.4 Å². The van der Waals surface area contributed by atoms with Crippen LogP contribution in [0.3, 0.4) is 0 Å². The second-order valence-electron chi connectivity index (χ2n) is 9.61. The van der Waals surface area contributed by atoms with Crippen LogP contribution in [0.5, 0.6) is 5.75 Å². The van der Waals surface area contributed by atoms with Crippen molar-refractivity contribution in [3.63, 3.8) is 0 Å². The van der Waals surface area contributed by atoms with Crippen LogP contribution < -0.4 is 9.64 Å². The van der Waals surface area contributed by atoms with E-state index in [0.29, 0.717) is 30.1 Å². The summed E-state index contributed by atoms with van der Waals surface area (Å²) < 4.78 is 36.0. The maximum atomic E-state index is 14.9. The molecule has 3 aliphatic rings. The molecule has 1 heterocycles. The van der Waals surface area contributed by atoms with Gasteiger partial charge in [-0.15, -0.1) is 0 Å². The number of ether oxygens (including phenoxy) is 1. The summed E-state index contributed by atoms with van der Waals surface area (Å²) in [6.07, 6.45) is 1.84. The van der Waals surface area contributed by atoms with Crippen molar-refractivity contribution in [2.75, 3.05) is 31.2 Å². The maximum absolute atomic E-state index is 14.9. The van der Waals surface area contributed by atoms with Crippen LogP contribution in [0, 0.1) is 11.8 Å². The molecule has 1 aliphatic heterocycles. The van der Waals surface area contributed by atoms with Crippen LogP contribution in [0.1, 0.15) is 47.2 Å². The highest BCUT2D eigenvalue weighted by molar-refractivity contribution is 6.30. The molecule has 2 aliphatic carbocycles. The highest BCUT2D eigenvalue weighted by atomic mass is 35.5. The van der Waals surface area contributed by atoms with Crippen LogP contribution in [-0.2, 0) is 11.3 Å². The van der Waals surface area contributed by atoms with Gasteiger partial charge in [0.25, 0.3) is 5.92 Å². The highest BCUT2D eigenvalue weighted by Gasteiger charge is 2.50. The fraction of sp³-hybridized carbons (Fsp3) is 0.480. The van der Waals surface area contributed by atoms with E-state index in [4.69, 9.17) is 16.3 Å². The van der Waals surface area contributed by atoms with Crippen molar-refractivity contribution < 1.29 is 28.5 Å². The van der Waals surface area contributed by atoms with Gasteiger partial charge < -0.3 is 19.8 Å². The van der Waals surface area contributed by atoms with Gasteiger partial charge in [0.05, 0.1) is 17.9 Å². The first-order valence-electron chi connectivity index (χ1n) is 11.3. The van der Waals surface area contributed by atoms with Crippen molar-refractivity contribution in [1.82, 2.24) is 0 Å². The lowest BCUT2D eigenvalue weighted by atomic mass is 9.68. The maximum Gasteiger partial charge on any atom is 0.335 e. The smallest absolute Gasteiger partial charge is 0.335 e. The zero-order valence-corrected chi connectivity index (χ0v) is 18.8. The van der Waals surface area contributed by atoms with Crippen molar-refractivity contribution in [2.24, 2.45) is 11.8 Å². The Labute approximate surface area is 195 Å². The van der Waals surface area contributed by atoms with Crippen LogP contribution in [0.4, 0.5) is 14.5 Å². The monoisotopic (exact) mass is 477 g/mol. The molecule has 1 spiro atoms. The van der Waals surface area contributed by atoms with Crippen LogP contribution in [0.2, 0.25) is 5.02 Å². The summed E-state index contributed by atoms with van der Waals surface area (Å²) in [5, 5.41) is 19.5. The van der Waals surface area contributed by atoms with Crippen molar-refractivity contribution in [3.05, 3.63) is 58.1 Å². The summed E-state index contributed by atoms with van der Waals surface area (Å²) in [7, 11) is 0. The average Bonchev–Trinajstić information content (AvgIpc) is 2.92. The molecule has 8 heteroatoms. The minimum absolute atomic E-state index is 0.0566. The number of hydrogen-bond acceptors (Lipinski definition) is 4. The van der Waals surface area contributed by atoms with E-state index in [0.717, 1.165) is 12.8 Å². The fourth-order valence-electron chi connectivity index (χ4n) is 5.56. The molecular weight excluding hydrogens is 452 g/mol. The van der Waals surface area contributed by atoms with Crippen molar-refractivity contribution >= 4 is 23.3 Å². The molecule has 0 bridgehead atoms. The van der Waals surface area contributed by atoms with Gasteiger partial charge in [0.1, 0.15) is 5.75 Å². The molecule has 0 radical (unpaired) electrons. The standard InChI is InChI=1S/C25H26ClF2NO4/c26-18-4-5-19-20(10-18)25(27,28)8-7-24(19)13-29(11-16-1-2-17(16)12-30)21-9-15(23(31)32)3-6-22(21)33-14-24/h3-6,9-10,16-17,30H,1-2,7-8,11-14H2,(H,31,32)/t16-,17-,24?/m0/s1. The van der Waals surface area contributed by atoms with Crippen molar-refractivity contribution in [2.45, 2.75) is 37.0 Å². The number of carbonyl (C=O) groups is 1. The number of aromatic carboxylic acids is 1. The topological polar surface area (TPSA) is 70.0 Å². The number of alkyl halides is 2. The molecule has 0 aromatic heterocycles. The molecule has 0 amide bonds. The zero-order valence-electron chi connectivity index (χ0n) is 18.1. The van der Waals surface area contributed by atoms with Gasteiger partial charge in [-0.2, -0.15) is 0 Å². The molecule has 3 atom stereocenters. The lowest BCUT2D eigenvalue weighted by Crippen LogP contribution is -2.50. The van der Waals surface area contributed by atoms with Gasteiger partial charge in [-0.25, -0.2) is 13.6 Å². The van der Waals surface area contributed by atoms with Gasteiger partial charge in [-0.1, -0.05) is 17.7 Å². The van der Waals surface area contributed by atoms with E-state index in [2.05, 4.69) is 4.90 Å². The lowest BCUT2D eigenvalue weighted by molar-refractivity contribution is -0.0361. The predicted octanol–water partition coefficient (Wildman–Crippen LogP) is 5.08. The summed E-state index contributed by atoms with van der Waals surface area (Å²) in [5.74, 6) is -3.02. The first kappa shape index (κ1) is 22.4. The Morgan fingerprint density at radius 2 is 1.91 bits per heavy atom. The Kier molecular flexibility index (Phi) is 5.52. The molecule has 0 saturated heterocycles. The fourth-order valence-corrected chi connectivity index (χ4v) is 5.73. The first-order valence-corrected chi connectivity index (χ1v) is 11.6. The third-order valence-corrected chi connectivity index (χ3v) is 7.91. The number of hydrogen-bond donors (Lipinski definition) is 2. The minimum Gasteiger partial charge on any atom is -0.490 e. The third-order valence-electron chi connectivity index (χ3n) is 7.67. The van der Waals surface area contributed by atoms with Gasteiger partial charge in [0.2, 0.25) is 0 Å². The number of carboxylic acid groups (broad SMARTS) is 1. The number of carboxylic acids is 1. The highest BCUT2D eigenvalue weighted by Crippen LogP contribution is 2.51. The minimum atomic E-state index is -2.97. The van der Waals surface area contributed by atoms with Gasteiger partial charge in [-0.3, -0.25) is 0 Å². The summed E-state index contributed by atoms with van der Waals surface area (Å²) in [4.78, 5) is 13.7. The number of fused-ring (bicyclic) bond motifs is 3. The van der Waals surface area contributed by atoms with E-state index in [9.17, 15) is 23.8 Å².